The third kappa shape index (κ3) is 2.39. The molecular formula is C16H20INO3. The maximum atomic E-state index is 12.3. The molecule has 1 N–H and O–H groups in total. The smallest absolute Gasteiger partial charge is 0.323 e. The number of aliphatic hydroxyl groups excluding tert-OH is 1. The van der Waals surface area contributed by atoms with Gasteiger partial charge in [-0.25, -0.2) is 0 Å². The number of halogens is 1. The highest BCUT2D eigenvalue weighted by molar-refractivity contribution is 14.1. The van der Waals surface area contributed by atoms with Crippen LogP contribution in [0.1, 0.15) is 24.9 Å². The molecule has 21 heavy (non-hydrogen) atoms. The number of piperidine rings is 1. The van der Waals surface area contributed by atoms with Gasteiger partial charge in [0.2, 0.25) is 0 Å². The normalized spacial score (nSPS) is 36.7. The van der Waals surface area contributed by atoms with Gasteiger partial charge in [0, 0.05) is 21.9 Å². The van der Waals surface area contributed by atoms with Gasteiger partial charge in [-0.15, -0.1) is 0 Å². The quantitative estimate of drug-likeness (QED) is 0.479. The van der Waals surface area contributed by atoms with Gasteiger partial charge in [-0.05, 0) is 18.9 Å². The first-order valence-electron chi connectivity index (χ1n) is 7.28. The lowest BCUT2D eigenvalue weighted by molar-refractivity contribution is -0.151. The van der Waals surface area contributed by atoms with E-state index in [0.29, 0.717) is 6.42 Å². The molecule has 0 unspecified atom stereocenters. The molecule has 114 valence electrons. The minimum atomic E-state index is -0.357. The van der Waals surface area contributed by atoms with Crippen molar-refractivity contribution < 1.29 is 14.6 Å². The molecule has 3 rings (SSSR count). The SMILES string of the molecule is COC(=O)[C@@H]1[C@@H]2C[C@@H](O)[C@@H]([C@H]2I)N1[C@H](C)c1ccccc1. The molecule has 2 fully saturated rings. The van der Waals surface area contributed by atoms with E-state index in [2.05, 4.69) is 46.5 Å². The summed E-state index contributed by atoms with van der Waals surface area (Å²) in [5, 5.41) is 10.3. The number of nitrogens with zero attached hydrogens (tertiary/aromatic N) is 1. The highest BCUT2D eigenvalue weighted by Crippen LogP contribution is 2.50. The van der Waals surface area contributed by atoms with Crippen LogP contribution < -0.4 is 0 Å². The second kappa shape index (κ2) is 5.85. The van der Waals surface area contributed by atoms with Crippen LogP contribution in [-0.2, 0) is 9.53 Å². The second-order valence-electron chi connectivity index (χ2n) is 5.90. The van der Waals surface area contributed by atoms with Gasteiger partial charge in [0.1, 0.15) is 6.04 Å². The van der Waals surface area contributed by atoms with Crippen molar-refractivity contribution in [2.24, 2.45) is 5.92 Å². The summed E-state index contributed by atoms with van der Waals surface area (Å²) in [6, 6.07) is 9.99. The Bertz CT molecular complexity index is 524. The highest BCUT2D eigenvalue weighted by Gasteiger charge is 2.60. The molecule has 1 aromatic carbocycles. The molecule has 1 aromatic rings. The molecule has 0 aromatic heterocycles. The highest BCUT2D eigenvalue weighted by atomic mass is 127. The average Bonchev–Trinajstić information content (AvgIpc) is 2.95. The number of carbonyl (C=O) groups is 1. The van der Waals surface area contributed by atoms with Crippen LogP contribution in [0.15, 0.2) is 30.3 Å². The molecule has 0 radical (unpaired) electrons. The average molecular weight is 401 g/mol. The molecule has 5 heteroatoms. The molecule has 2 aliphatic rings. The van der Waals surface area contributed by atoms with E-state index in [0.717, 1.165) is 5.56 Å². The van der Waals surface area contributed by atoms with E-state index in [4.69, 9.17) is 4.74 Å². The number of aliphatic hydroxyl groups is 1. The van der Waals surface area contributed by atoms with E-state index in [-0.39, 0.29) is 40.0 Å². The predicted molar refractivity (Wildman–Crippen MR) is 88.2 cm³/mol. The first-order valence-corrected chi connectivity index (χ1v) is 8.53. The Morgan fingerprint density at radius 3 is 2.71 bits per heavy atom. The van der Waals surface area contributed by atoms with Crippen molar-refractivity contribution in [3.05, 3.63) is 35.9 Å². The maximum absolute atomic E-state index is 12.3. The number of likely N-dealkylation sites (tertiary alicyclic amines) is 1. The van der Waals surface area contributed by atoms with Gasteiger partial charge >= 0.3 is 5.97 Å². The summed E-state index contributed by atoms with van der Waals surface area (Å²) in [6.07, 6.45) is 0.333. The molecule has 1 aliphatic heterocycles. The van der Waals surface area contributed by atoms with E-state index in [1.807, 2.05) is 18.2 Å². The molecule has 2 bridgehead atoms. The summed E-state index contributed by atoms with van der Waals surface area (Å²) in [4.78, 5) is 14.4. The molecule has 1 saturated heterocycles. The number of carbonyl (C=O) groups excluding carboxylic acids is 1. The molecular weight excluding hydrogens is 381 g/mol. The van der Waals surface area contributed by atoms with Crippen molar-refractivity contribution in [3.8, 4) is 0 Å². The van der Waals surface area contributed by atoms with Crippen molar-refractivity contribution in [2.45, 2.75) is 41.5 Å². The summed E-state index contributed by atoms with van der Waals surface area (Å²) in [6.45, 7) is 2.10. The number of methoxy groups -OCH3 is 1. The van der Waals surface area contributed by atoms with E-state index in [9.17, 15) is 9.90 Å². The standard InChI is InChI=1S/C16H20INO3/c1-9(10-6-4-3-5-7-10)18-14(16(20)21-2)11-8-12(19)15(18)13(11)17/h3-7,9,11-15,19H,8H2,1-2H3/t9-,11-,12-,13+,14+,15+/m1/s1. The van der Waals surface area contributed by atoms with Crippen LogP contribution in [0.25, 0.3) is 0 Å². The summed E-state index contributed by atoms with van der Waals surface area (Å²) >= 11 is 2.39. The number of ether oxygens (including phenoxy) is 1. The zero-order valence-corrected chi connectivity index (χ0v) is 14.3. The minimum Gasteiger partial charge on any atom is -0.468 e. The van der Waals surface area contributed by atoms with E-state index >= 15 is 0 Å². The Kier molecular flexibility index (Phi) is 4.25. The zero-order valence-electron chi connectivity index (χ0n) is 12.1. The van der Waals surface area contributed by atoms with Crippen LogP contribution in [0.5, 0.6) is 0 Å². The van der Waals surface area contributed by atoms with Crippen molar-refractivity contribution in [1.82, 2.24) is 4.90 Å². The lowest BCUT2D eigenvalue weighted by atomic mass is 9.94. The molecule has 1 aliphatic carbocycles. The number of fused-ring (bicyclic) bond motifs is 2. The monoisotopic (exact) mass is 401 g/mol. The third-order valence-electron chi connectivity index (χ3n) is 4.89. The van der Waals surface area contributed by atoms with Gasteiger partial charge in [-0.3, -0.25) is 9.69 Å². The predicted octanol–water partition coefficient (Wildman–Crippen LogP) is 2.16. The molecule has 4 nitrogen and oxygen atoms in total. The fourth-order valence-electron chi connectivity index (χ4n) is 3.91. The number of rotatable bonds is 3. The lowest BCUT2D eigenvalue weighted by Gasteiger charge is -2.40. The summed E-state index contributed by atoms with van der Waals surface area (Å²) in [5.74, 6) is -0.0111. The third-order valence-corrected chi connectivity index (χ3v) is 6.55. The maximum Gasteiger partial charge on any atom is 0.323 e. The van der Waals surface area contributed by atoms with Crippen LogP contribution in [0.2, 0.25) is 0 Å². The van der Waals surface area contributed by atoms with Crippen molar-refractivity contribution >= 4 is 28.6 Å². The zero-order chi connectivity index (χ0) is 15.1. The van der Waals surface area contributed by atoms with Crippen LogP contribution in [0.4, 0.5) is 0 Å². The molecule has 0 amide bonds. The van der Waals surface area contributed by atoms with E-state index in [1.165, 1.54) is 7.11 Å². The van der Waals surface area contributed by atoms with Crippen LogP contribution in [0.3, 0.4) is 0 Å². The number of esters is 1. The molecule has 1 saturated carbocycles. The second-order valence-corrected chi connectivity index (χ2v) is 7.34. The van der Waals surface area contributed by atoms with Crippen LogP contribution >= 0.6 is 22.6 Å². The number of hydrogen-bond acceptors (Lipinski definition) is 4. The molecule has 6 atom stereocenters. The number of alkyl halides is 1. The van der Waals surface area contributed by atoms with Gasteiger partial charge in [0.25, 0.3) is 0 Å². The summed E-state index contributed by atoms with van der Waals surface area (Å²) in [5.41, 5.74) is 1.16. The van der Waals surface area contributed by atoms with E-state index < -0.39 is 0 Å². The first-order chi connectivity index (χ1) is 10.1. The van der Waals surface area contributed by atoms with Crippen molar-refractivity contribution in [3.63, 3.8) is 0 Å². The first kappa shape index (κ1) is 15.2. The number of benzene rings is 1. The van der Waals surface area contributed by atoms with Crippen molar-refractivity contribution in [1.29, 1.82) is 0 Å². The Balaban J connectivity index is 1.95. The fourth-order valence-corrected chi connectivity index (χ4v) is 5.44. The van der Waals surface area contributed by atoms with Gasteiger partial charge in [-0.2, -0.15) is 0 Å². The Hall–Kier alpha value is -0.660. The van der Waals surface area contributed by atoms with Gasteiger partial charge in [0.05, 0.1) is 13.2 Å². The Morgan fingerprint density at radius 2 is 2.10 bits per heavy atom. The van der Waals surface area contributed by atoms with Crippen LogP contribution in [-0.4, -0.2) is 45.2 Å². The topological polar surface area (TPSA) is 49.8 Å². The van der Waals surface area contributed by atoms with Crippen LogP contribution in [0, 0.1) is 5.92 Å². The van der Waals surface area contributed by atoms with Gasteiger partial charge < -0.3 is 9.84 Å². The Labute approximate surface area is 138 Å². The van der Waals surface area contributed by atoms with Gasteiger partial charge in [0.15, 0.2) is 0 Å². The Morgan fingerprint density at radius 1 is 1.43 bits per heavy atom. The van der Waals surface area contributed by atoms with E-state index in [1.54, 1.807) is 0 Å². The van der Waals surface area contributed by atoms with Crippen molar-refractivity contribution in [2.75, 3.05) is 7.11 Å². The minimum absolute atomic E-state index is 0.0231. The number of hydrogen-bond donors (Lipinski definition) is 1. The molecule has 1 heterocycles. The summed E-state index contributed by atoms with van der Waals surface area (Å²) in [7, 11) is 1.44. The lowest BCUT2D eigenvalue weighted by Crippen LogP contribution is -2.52. The summed E-state index contributed by atoms with van der Waals surface area (Å²) < 4.78 is 5.31. The van der Waals surface area contributed by atoms with Gasteiger partial charge in [-0.1, -0.05) is 52.9 Å². The fraction of sp³-hybridized carbons (Fsp3) is 0.562. The molecule has 0 spiro atoms. The largest absolute Gasteiger partial charge is 0.468 e.